The normalized spacial score (nSPS) is 22.1. The van der Waals surface area contributed by atoms with Gasteiger partial charge in [-0.3, -0.25) is 9.59 Å². The second kappa shape index (κ2) is 10.2. The van der Waals surface area contributed by atoms with Gasteiger partial charge < -0.3 is 29.8 Å². The fourth-order valence-electron chi connectivity index (χ4n) is 8.03. The van der Waals surface area contributed by atoms with Crippen molar-refractivity contribution in [2.24, 2.45) is 24.6 Å². The third-order valence-corrected chi connectivity index (χ3v) is 10.7. The van der Waals surface area contributed by atoms with E-state index in [9.17, 15) is 9.59 Å². The number of anilines is 1. The lowest BCUT2D eigenvalue weighted by Gasteiger charge is -2.27. The number of pyridine rings is 1. The van der Waals surface area contributed by atoms with Crippen LogP contribution >= 0.6 is 0 Å². The summed E-state index contributed by atoms with van der Waals surface area (Å²) in [6.07, 6.45) is 5.72. The average molecular weight is 616 g/mol. The molecule has 3 atom stereocenters. The van der Waals surface area contributed by atoms with E-state index in [0.29, 0.717) is 29.6 Å². The maximum atomic E-state index is 13.7. The summed E-state index contributed by atoms with van der Waals surface area (Å²) in [4.78, 5) is 37.9. The highest BCUT2D eigenvalue weighted by molar-refractivity contribution is 6.00. The molecule has 1 saturated heterocycles. The van der Waals surface area contributed by atoms with Gasteiger partial charge in [-0.25, -0.2) is 9.97 Å². The van der Waals surface area contributed by atoms with Gasteiger partial charge in [0, 0.05) is 60.8 Å². The van der Waals surface area contributed by atoms with E-state index in [1.165, 1.54) is 12.8 Å². The van der Waals surface area contributed by atoms with Gasteiger partial charge in [0.15, 0.2) is 5.82 Å². The molecule has 2 saturated carbocycles. The van der Waals surface area contributed by atoms with E-state index in [1.54, 1.807) is 7.11 Å². The van der Waals surface area contributed by atoms with Gasteiger partial charge in [-0.2, -0.15) is 0 Å². The zero-order chi connectivity index (χ0) is 31.3. The van der Waals surface area contributed by atoms with Gasteiger partial charge in [0.05, 0.1) is 24.0 Å². The van der Waals surface area contributed by atoms with Crippen LogP contribution in [0.4, 0.5) is 5.69 Å². The third-order valence-electron chi connectivity index (χ3n) is 10.7. The zero-order valence-corrected chi connectivity index (χ0v) is 26.1. The van der Waals surface area contributed by atoms with Gasteiger partial charge >= 0.3 is 0 Å². The van der Waals surface area contributed by atoms with Crippen LogP contribution in [0.2, 0.25) is 0 Å². The van der Waals surface area contributed by atoms with Gasteiger partial charge in [-0.15, -0.1) is 0 Å². The van der Waals surface area contributed by atoms with Gasteiger partial charge in [-0.1, -0.05) is 6.07 Å². The molecule has 3 N–H and O–H groups in total. The molecule has 0 spiro atoms. The number of rotatable bonds is 6. The second-order valence-corrected chi connectivity index (χ2v) is 13.6. The summed E-state index contributed by atoms with van der Waals surface area (Å²) in [6, 6.07) is 16.5. The van der Waals surface area contributed by atoms with E-state index in [0.717, 1.165) is 88.4 Å². The number of nitrogens with one attached hydrogen (secondary N) is 1. The second-order valence-electron chi connectivity index (χ2n) is 13.6. The number of aromatic nitrogens is 4. The van der Waals surface area contributed by atoms with Crippen LogP contribution in [0.15, 0.2) is 48.5 Å². The fourth-order valence-corrected chi connectivity index (χ4v) is 8.03. The predicted octanol–water partition coefficient (Wildman–Crippen LogP) is 5.12. The van der Waals surface area contributed by atoms with Crippen molar-refractivity contribution < 1.29 is 14.3 Å². The van der Waals surface area contributed by atoms with Crippen LogP contribution in [0.1, 0.15) is 48.0 Å². The van der Waals surface area contributed by atoms with Crippen LogP contribution in [0.5, 0.6) is 5.75 Å². The Balaban J connectivity index is 1.13. The Kier molecular flexibility index (Phi) is 6.09. The summed E-state index contributed by atoms with van der Waals surface area (Å²) in [5.74, 6) is 2.51. The van der Waals surface area contributed by atoms with Crippen molar-refractivity contribution in [2.75, 3.05) is 19.0 Å². The van der Waals surface area contributed by atoms with Crippen LogP contribution in [-0.2, 0) is 24.8 Å². The molecule has 2 aliphatic carbocycles. The number of carbonyl (C=O) groups excluding carboxylic acids is 2. The Labute approximate surface area is 266 Å². The smallest absolute Gasteiger partial charge is 0.254 e. The summed E-state index contributed by atoms with van der Waals surface area (Å²) in [7, 11) is 3.66. The van der Waals surface area contributed by atoms with Crippen molar-refractivity contribution in [3.05, 3.63) is 59.7 Å². The number of hydrogen-bond acceptors (Lipinski definition) is 6. The first-order chi connectivity index (χ1) is 22.4. The molecule has 0 unspecified atom stereocenters. The molecule has 5 heterocycles. The summed E-state index contributed by atoms with van der Waals surface area (Å²) < 4.78 is 10.3. The number of amides is 2. The lowest BCUT2D eigenvalue weighted by Crippen LogP contribution is -2.41. The fraction of sp³-hybridized carbons (Fsp3) is 0.389. The number of nitrogens with two attached hydrogens (primary N) is 1. The molecule has 3 fully saturated rings. The van der Waals surface area contributed by atoms with E-state index in [2.05, 4.69) is 38.7 Å². The minimum Gasteiger partial charge on any atom is -0.494 e. The molecule has 10 nitrogen and oxygen atoms in total. The van der Waals surface area contributed by atoms with Crippen molar-refractivity contribution in [1.29, 1.82) is 0 Å². The van der Waals surface area contributed by atoms with E-state index in [4.69, 9.17) is 20.4 Å². The largest absolute Gasteiger partial charge is 0.494 e. The molecular weight excluding hydrogens is 578 g/mol. The Morgan fingerprint density at radius 1 is 1.04 bits per heavy atom. The van der Waals surface area contributed by atoms with Gasteiger partial charge in [-0.05, 0) is 92.0 Å². The molecule has 10 heteroatoms. The SMILES string of the molecule is COc1cc(C(=O)N2C[C@H]3CC[C@@H]2[C@@H]3N)cc2nc(-c3cc4ccc(-c5ccc6c(c5)CCC(=O)N6)nc4n3CC3CC3)n(C)c12. The highest BCUT2D eigenvalue weighted by Crippen LogP contribution is 2.40. The Morgan fingerprint density at radius 3 is 2.67 bits per heavy atom. The number of fused-ring (bicyclic) bond motifs is 5. The number of benzene rings is 2. The Morgan fingerprint density at radius 2 is 1.91 bits per heavy atom. The van der Waals surface area contributed by atoms with Gasteiger partial charge in [0.2, 0.25) is 5.91 Å². The van der Waals surface area contributed by atoms with Gasteiger partial charge in [0.1, 0.15) is 16.9 Å². The van der Waals surface area contributed by atoms with Crippen molar-refractivity contribution in [2.45, 2.75) is 57.2 Å². The number of methoxy groups -OCH3 is 1. The number of ether oxygens (including phenoxy) is 1. The molecule has 46 heavy (non-hydrogen) atoms. The van der Waals surface area contributed by atoms with Crippen LogP contribution in [0.3, 0.4) is 0 Å². The molecule has 2 amide bonds. The lowest BCUT2D eigenvalue weighted by atomic mass is 9.99. The molecule has 4 aliphatic rings. The molecular formula is C36H37N7O3. The van der Waals surface area contributed by atoms with Crippen LogP contribution in [-0.4, -0.2) is 61.6 Å². The topological polar surface area (TPSA) is 120 Å². The summed E-state index contributed by atoms with van der Waals surface area (Å²) in [5.41, 5.74) is 14.5. The van der Waals surface area contributed by atoms with Crippen molar-refractivity contribution in [3.63, 3.8) is 0 Å². The van der Waals surface area contributed by atoms with E-state index in [-0.39, 0.29) is 23.9 Å². The van der Waals surface area contributed by atoms with Crippen molar-refractivity contribution in [3.8, 4) is 28.5 Å². The molecule has 234 valence electrons. The maximum Gasteiger partial charge on any atom is 0.254 e. The van der Waals surface area contributed by atoms with Crippen LogP contribution in [0, 0.1) is 11.8 Å². The highest BCUT2D eigenvalue weighted by Gasteiger charge is 2.47. The number of hydrogen-bond donors (Lipinski definition) is 2. The molecule has 3 aromatic heterocycles. The monoisotopic (exact) mass is 615 g/mol. The first-order valence-electron chi connectivity index (χ1n) is 16.4. The summed E-state index contributed by atoms with van der Waals surface area (Å²) >= 11 is 0. The third kappa shape index (κ3) is 4.26. The maximum absolute atomic E-state index is 13.7. The van der Waals surface area contributed by atoms with Crippen molar-refractivity contribution in [1.82, 2.24) is 24.0 Å². The molecule has 2 aliphatic heterocycles. The summed E-state index contributed by atoms with van der Waals surface area (Å²) in [5, 5.41) is 4.03. The number of piperidine rings is 1. The summed E-state index contributed by atoms with van der Waals surface area (Å²) in [6.45, 7) is 1.59. The minimum absolute atomic E-state index is 0.000752. The zero-order valence-electron chi connectivity index (χ0n) is 26.1. The van der Waals surface area contributed by atoms with Crippen LogP contribution in [0.25, 0.3) is 44.8 Å². The molecule has 9 rings (SSSR count). The first-order valence-corrected chi connectivity index (χ1v) is 16.4. The van der Waals surface area contributed by atoms with E-state index >= 15 is 0 Å². The first kappa shape index (κ1) is 27.6. The van der Waals surface area contributed by atoms with E-state index < -0.39 is 0 Å². The van der Waals surface area contributed by atoms with Crippen LogP contribution < -0.4 is 15.8 Å². The molecule has 0 radical (unpaired) electrons. The number of aryl methyl sites for hydroxylation is 2. The number of nitrogens with zero attached hydrogens (tertiary/aromatic N) is 5. The standard InChI is InChI=1S/C36H37N7O3/c1-41-33-27(14-24(16-30(33)46-2)36(45)43-18-23-7-11-28(43)32(23)37)40-35(41)29-15-22-6-10-26(39-34(22)42(29)17-19-3-4-19)20-5-9-25-21(13-20)8-12-31(44)38-25/h5-6,9-10,13-16,19,23,28,32H,3-4,7-8,11-12,17-18,37H2,1-2H3,(H,38,44)/t23-,28-,32-/m1/s1. The quantitative estimate of drug-likeness (QED) is 0.274. The van der Waals surface area contributed by atoms with Gasteiger partial charge in [0.25, 0.3) is 5.91 Å². The Hall–Kier alpha value is -4.70. The molecule has 2 bridgehead atoms. The number of carbonyl (C=O) groups is 2. The lowest BCUT2D eigenvalue weighted by molar-refractivity contribution is -0.116. The minimum atomic E-state index is -0.000752. The van der Waals surface area contributed by atoms with Crippen molar-refractivity contribution >= 4 is 39.6 Å². The average Bonchev–Trinajstić information content (AvgIpc) is 3.47. The number of likely N-dealkylation sites (tertiary alicyclic amines) is 1. The number of imidazole rings is 1. The molecule has 2 aromatic carbocycles. The highest BCUT2D eigenvalue weighted by atomic mass is 16.5. The Bertz CT molecular complexity index is 2090. The molecule has 5 aromatic rings. The van der Waals surface area contributed by atoms with E-state index in [1.807, 2.05) is 36.2 Å². The predicted molar refractivity (Wildman–Crippen MR) is 177 cm³/mol.